The number of amides is 2. The minimum Gasteiger partial charge on any atom is -0.374 e. The first-order chi connectivity index (χ1) is 11.2. The Morgan fingerprint density at radius 3 is 2.78 bits per heavy atom. The largest absolute Gasteiger partial charge is 0.374 e. The van der Waals surface area contributed by atoms with Crippen LogP contribution in [0.15, 0.2) is 24.3 Å². The summed E-state index contributed by atoms with van der Waals surface area (Å²) < 4.78 is 0. The van der Waals surface area contributed by atoms with Crippen LogP contribution >= 0.6 is 0 Å². The van der Waals surface area contributed by atoms with E-state index in [0.29, 0.717) is 12.5 Å². The Bertz CT molecular complexity index is 587. The van der Waals surface area contributed by atoms with Crippen LogP contribution in [0.2, 0.25) is 0 Å². The number of carbonyl (C=O) groups excluding carboxylic acids is 2. The lowest BCUT2D eigenvalue weighted by molar-refractivity contribution is -0.132. The zero-order valence-electron chi connectivity index (χ0n) is 13.8. The molecule has 0 radical (unpaired) electrons. The topological polar surface area (TPSA) is 52.7 Å². The van der Waals surface area contributed by atoms with E-state index in [0.717, 1.165) is 43.7 Å². The van der Waals surface area contributed by atoms with Crippen LogP contribution in [0.1, 0.15) is 39.0 Å². The fraction of sp³-hybridized carbons (Fsp3) is 0.556. The minimum atomic E-state index is 0.139. The molecule has 124 valence electrons. The molecular formula is C18H25N3O2. The smallest absolute Gasteiger partial charge is 0.242 e. The van der Waals surface area contributed by atoms with Gasteiger partial charge in [-0.1, -0.05) is 12.1 Å². The first kappa shape index (κ1) is 15.8. The standard InChI is InChI=1S/C18H25N3O2/c1-14-7-4-5-11-20(14)18(23)13-19-15-8-2-3-9-16(15)21-12-6-10-17(21)22/h2-3,8-9,14,19H,4-7,10-13H2,1H3/t14-/m0/s1. The third-order valence-electron chi connectivity index (χ3n) is 4.82. The molecule has 0 saturated carbocycles. The molecule has 0 spiro atoms. The van der Waals surface area contributed by atoms with Gasteiger partial charge in [-0.25, -0.2) is 0 Å². The van der Waals surface area contributed by atoms with Crippen molar-refractivity contribution in [1.29, 1.82) is 0 Å². The van der Waals surface area contributed by atoms with E-state index in [1.54, 1.807) is 0 Å². The number of carbonyl (C=O) groups is 2. The molecular weight excluding hydrogens is 290 g/mol. The van der Waals surface area contributed by atoms with E-state index in [2.05, 4.69) is 12.2 Å². The van der Waals surface area contributed by atoms with Crippen LogP contribution in [0, 0.1) is 0 Å². The number of benzene rings is 1. The molecule has 0 aromatic heterocycles. The first-order valence-electron chi connectivity index (χ1n) is 8.59. The highest BCUT2D eigenvalue weighted by molar-refractivity contribution is 5.98. The normalized spacial score (nSPS) is 21.6. The SMILES string of the molecule is C[C@H]1CCCCN1C(=O)CNc1ccccc1N1CCCC1=O. The molecule has 2 aliphatic heterocycles. The summed E-state index contributed by atoms with van der Waals surface area (Å²) in [4.78, 5) is 28.2. The molecule has 23 heavy (non-hydrogen) atoms. The van der Waals surface area contributed by atoms with Crippen LogP contribution in [0.3, 0.4) is 0 Å². The monoisotopic (exact) mass is 315 g/mol. The number of nitrogens with zero attached hydrogens (tertiary/aromatic N) is 2. The van der Waals surface area contributed by atoms with Gasteiger partial charge in [-0.3, -0.25) is 9.59 Å². The summed E-state index contributed by atoms with van der Waals surface area (Å²) in [7, 11) is 0. The Hall–Kier alpha value is -2.04. The highest BCUT2D eigenvalue weighted by Crippen LogP contribution is 2.29. The van der Waals surface area contributed by atoms with Crippen molar-refractivity contribution < 1.29 is 9.59 Å². The lowest BCUT2D eigenvalue weighted by atomic mass is 10.0. The molecule has 0 unspecified atom stereocenters. The molecule has 2 saturated heterocycles. The summed E-state index contributed by atoms with van der Waals surface area (Å²) in [6.45, 7) is 4.01. The zero-order valence-corrected chi connectivity index (χ0v) is 13.8. The number of para-hydroxylation sites is 2. The van der Waals surface area contributed by atoms with E-state index < -0.39 is 0 Å². The van der Waals surface area contributed by atoms with Gasteiger partial charge in [0.25, 0.3) is 0 Å². The maximum Gasteiger partial charge on any atom is 0.242 e. The summed E-state index contributed by atoms with van der Waals surface area (Å²) in [6.07, 6.45) is 4.90. The first-order valence-corrected chi connectivity index (χ1v) is 8.59. The van der Waals surface area contributed by atoms with Crippen molar-refractivity contribution in [3.8, 4) is 0 Å². The second kappa shape index (κ2) is 7.02. The number of likely N-dealkylation sites (tertiary alicyclic amines) is 1. The van der Waals surface area contributed by atoms with Gasteiger partial charge in [0.05, 0.1) is 17.9 Å². The van der Waals surface area contributed by atoms with Crippen LogP contribution in [0.5, 0.6) is 0 Å². The fourth-order valence-electron chi connectivity index (χ4n) is 3.50. The van der Waals surface area contributed by atoms with E-state index in [1.165, 1.54) is 6.42 Å². The average molecular weight is 315 g/mol. The molecule has 2 fully saturated rings. The molecule has 1 N–H and O–H groups in total. The van der Waals surface area contributed by atoms with Crippen molar-refractivity contribution in [2.75, 3.05) is 29.9 Å². The third-order valence-corrected chi connectivity index (χ3v) is 4.82. The molecule has 1 atom stereocenters. The predicted octanol–water partition coefficient (Wildman–Crippen LogP) is 2.63. The second-order valence-corrected chi connectivity index (χ2v) is 6.45. The number of hydrogen-bond donors (Lipinski definition) is 1. The van der Waals surface area contributed by atoms with Gasteiger partial charge >= 0.3 is 0 Å². The molecule has 5 nitrogen and oxygen atoms in total. The molecule has 2 amide bonds. The van der Waals surface area contributed by atoms with Crippen molar-refractivity contribution in [1.82, 2.24) is 4.90 Å². The molecule has 1 aromatic carbocycles. The summed E-state index contributed by atoms with van der Waals surface area (Å²) in [5.74, 6) is 0.301. The van der Waals surface area contributed by atoms with E-state index in [1.807, 2.05) is 34.1 Å². The quantitative estimate of drug-likeness (QED) is 0.929. The average Bonchev–Trinajstić information content (AvgIpc) is 2.99. The lowest BCUT2D eigenvalue weighted by Gasteiger charge is -2.33. The summed E-state index contributed by atoms with van der Waals surface area (Å²) in [5, 5.41) is 3.24. The van der Waals surface area contributed by atoms with Crippen molar-refractivity contribution in [2.45, 2.75) is 45.1 Å². The summed E-state index contributed by atoms with van der Waals surface area (Å²) in [6, 6.07) is 8.07. The van der Waals surface area contributed by atoms with E-state index in [-0.39, 0.29) is 18.4 Å². The van der Waals surface area contributed by atoms with Crippen LogP contribution in [-0.2, 0) is 9.59 Å². The lowest BCUT2D eigenvalue weighted by Crippen LogP contribution is -2.44. The van der Waals surface area contributed by atoms with Gasteiger partial charge in [-0.15, -0.1) is 0 Å². The Kier molecular flexibility index (Phi) is 4.84. The van der Waals surface area contributed by atoms with Crippen LogP contribution in [-0.4, -0.2) is 42.4 Å². The highest BCUT2D eigenvalue weighted by Gasteiger charge is 2.25. The highest BCUT2D eigenvalue weighted by atomic mass is 16.2. The van der Waals surface area contributed by atoms with Crippen LogP contribution < -0.4 is 10.2 Å². The van der Waals surface area contributed by atoms with Crippen molar-refractivity contribution in [3.63, 3.8) is 0 Å². The molecule has 2 aliphatic rings. The van der Waals surface area contributed by atoms with Gasteiger partial charge in [-0.2, -0.15) is 0 Å². The van der Waals surface area contributed by atoms with Crippen molar-refractivity contribution >= 4 is 23.2 Å². The second-order valence-electron chi connectivity index (χ2n) is 6.45. The Morgan fingerprint density at radius 1 is 1.22 bits per heavy atom. The fourth-order valence-corrected chi connectivity index (χ4v) is 3.50. The van der Waals surface area contributed by atoms with Gasteiger partial charge in [0.15, 0.2) is 0 Å². The Morgan fingerprint density at radius 2 is 2.04 bits per heavy atom. The summed E-state index contributed by atoms with van der Waals surface area (Å²) >= 11 is 0. The molecule has 1 aromatic rings. The van der Waals surface area contributed by atoms with E-state index in [4.69, 9.17) is 0 Å². The van der Waals surface area contributed by atoms with E-state index >= 15 is 0 Å². The summed E-state index contributed by atoms with van der Waals surface area (Å²) in [5.41, 5.74) is 1.75. The number of nitrogens with one attached hydrogen (secondary N) is 1. The molecule has 3 rings (SSSR count). The van der Waals surface area contributed by atoms with Crippen LogP contribution in [0.25, 0.3) is 0 Å². The Balaban J connectivity index is 1.66. The van der Waals surface area contributed by atoms with Gasteiger partial charge < -0.3 is 15.1 Å². The van der Waals surface area contributed by atoms with E-state index in [9.17, 15) is 9.59 Å². The molecule has 0 bridgehead atoms. The van der Waals surface area contributed by atoms with Gasteiger partial charge in [-0.05, 0) is 44.7 Å². The Labute approximate surface area is 137 Å². The number of piperidine rings is 1. The minimum absolute atomic E-state index is 0.139. The van der Waals surface area contributed by atoms with Crippen LogP contribution in [0.4, 0.5) is 11.4 Å². The zero-order chi connectivity index (χ0) is 16.2. The predicted molar refractivity (Wildman–Crippen MR) is 91.5 cm³/mol. The van der Waals surface area contributed by atoms with Crippen molar-refractivity contribution in [3.05, 3.63) is 24.3 Å². The maximum absolute atomic E-state index is 12.5. The maximum atomic E-state index is 12.5. The van der Waals surface area contributed by atoms with Gasteiger partial charge in [0, 0.05) is 25.6 Å². The number of hydrogen-bond acceptors (Lipinski definition) is 3. The molecule has 0 aliphatic carbocycles. The molecule has 2 heterocycles. The van der Waals surface area contributed by atoms with Gasteiger partial charge in [0.1, 0.15) is 0 Å². The third kappa shape index (κ3) is 3.49. The van der Waals surface area contributed by atoms with Gasteiger partial charge in [0.2, 0.25) is 11.8 Å². The van der Waals surface area contributed by atoms with Crippen molar-refractivity contribution in [2.24, 2.45) is 0 Å². The molecule has 5 heteroatoms. The number of rotatable bonds is 4. The number of anilines is 2.